The predicted molar refractivity (Wildman–Crippen MR) is 67.4 cm³/mol. The molecule has 0 unspecified atom stereocenters. The average Bonchev–Trinajstić information content (AvgIpc) is 2.61. The van der Waals surface area contributed by atoms with Gasteiger partial charge in [-0.3, -0.25) is 0 Å². The molecule has 1 rings (SSSR count). The lowest BCUT2D eigenvalue weighted by Gasteiger charge is -2.28. The highest BCUT2D eigenvalue weighted by atomic mass is 79.9. The van der Waals surface area contributed by atoms with Crippen molar-refractivity contribution < 1.29 is 0 Å². The van der Waals surface area contributed by atoms with E-state index in [0.29, 0.717) is 5.41 Å². The lowest BCUT2D eigenvalue weighted by molar-refractivity contribution is 0.304. The lowest BCUT2D eigenvalue weighted by Crippen LogP contribution is -2.24. The van der Waals surface area contributed by atoms with Crippen LogP contribution >= 0.6 is 27.3 Å². The molecule has 80 valence electrons. The van der Waals surface area contributed by atoms with Gasteiger partial charge in [0.25, 0.3) is 0 Å². The highest BCUT2D eigenvalue weighted by molar-refractivity contribution is 9.09. The van der Waals surface area contributed by atoms with E-state index in [2.05, 4.69) is 47.1 Å². The van der Waals surface area contributed by atoms with Crippen molar-refractivity contribution in [1.82, 2.24) is 4.98 Å². The van der Waals surface area contributed by atoms with Crippen molar-refractivity contribution in [2.24, 2.45) is 5.41 Å². The van der Waals surface area contributed by atoms with E-state index in [0.717, 1.165) is 11.8 Å². The highest BCUT2D eigenvalue weighted by Gasteiger charge is 2.25. The molecule has 0 atom stereocenters. The van der Waals surface area contributed by atoms with Gasteiger partial charge in [0.1, 0.15) is 0 Å². The maximum atomic E-state index is 4.54. The van der Waals surface area contributed by atoms with Gasteiger partial charge in [0.05, 0.1) is 10.7 Å². The first-order valence-corrected chi connectivity index (χ1v) is 7.13. The van der Waals surface area contributed by atoms with Crippen molar-refractivity contribution in [2.45, 2.75) is 40.0 Å². The maximum absolute atomic E-state index is 4.54. The van der Waals surface area contributed by atoms with Crippen LogP contribution in [0.15, 0.2) is 5.38 Å². The van der Waals surface area contributed by atoms with Gasteiger partial charge in [-0.25, -0.2) is 4.98 Å². The Kier molecular flexibility index (Phi) is 4.58. The smallest absolute Gasteiger partial charge is 0.0897 e. The molecule has 0 amide bonds. The minimum Gasteiger partial charge on any atom is -0.247 e. The van der Waals surface area contributed by atoms with E-state index >= 15 is 0 Å². The zero-order valence-corrected chi connectivity index (χ0v) is 11.5. The summed E-state index contributed by atoms with van der Waals surface area (Å²) >= 11 is 5.38. The molecule has 0 aliphatic rings. The number of rotatable bonds is 5. The van der Waals surface area contributed by atoms with E-state index in [4.69, 9.17) is 0 Å². The van der Waals surface area contributed by atoms with Crippen molar-refractivity contribution in [1.29, 1.82) is 0 Å². The molecule has 0 aromatic carbocycles. The first kappa shape index (κ1) is 12.2. The van der Waals surface area contributed by atoms with Crippen molar-refractivity contribution in [3.8, 4) is 0 Å². The van der Waals surface area contributed by atoms with E-state index in [1.807, 2.05) is 0 Å². The first-order valence-electron chi connectivity index (χ1n) is 5.12. The fourth-order valence-electron chi connectivity index (χ4n) is 1.61. The molecule has 0 saturated carbocycles. The molecule has 1 aromatic rings. The molecule has 1 aromatic heterocycles. The molecule has 0 radical (unpaired) electrons. The van der Waals surface area contributed by atoms with Crippen LogP contribution in [0.4, 0.5) is 0 Å². The van der Waals surface area contributed by atoms with Crippen molar-refractivity contribution in [3.05, 3.63) is 16.1 Å². The lowest BCUT2D eigenvalue weighted by atomic mass is 9.80. The van der Waals surface area contributed by atoms with E-state index in [1.165, 1.54) is 23.5 Å². The number of hydrogen-bond donors (Lipinski definition) is 0. The molecule has 0 aliphatic carbocycles. The van der Waals surface area contributed by atoms with Gasteiger partial charge in [-0.15, -0.1) is 11.3 Å². The summed E-state index contributed by atoms with van der Waals surface area (Å²) in [7, 11) is 0. The number of halogens is 1. The van der Waals surface area contributed by atoms with Crippen LogP contribution in [0.25, 0.3) is 0 Å². The third-order valence-corrected chi connectivity index (χ3v) is 5.02. The van der Waals surface area contributed by atoms with Gasteiger partial charge in [-0.1, -0.05) is 29.8 Å². The quantitative estimate of drug-likeness (QED) is 0.735. The third-order valence-electron chi connectivity index (χ3n) is 3.01. The Bertz CT molecular complexity index is 270. The highest BCUT2D eigenvalue weighted by Crippen LogP contribution is 2.33. The van der Waals surface area contributed by atoms with Crippen LogP contribution in [0.2, 0.25) is 0 Å². The molecule has 14 heavy (non-hydrogen) atoms. The van der Waals surface area contributed by atoms with Crippen molar-refractivity contribution >= 4 is 27.3 Å². The van der Waals surface area contributed by atoms with Crippen molar-refractivity contribution in [3.63, 3.8) is 0 Å². The van der Waals surface area contributed by atoms with Crippen molar-refractivity contribution in [2.75, 3.05) is 5.33 Å². The van der Waals surface area contributed by atoms with Crippen LogP contribution in [0, 0.1) is 12.3 Å². The zero-order valence-electron chi connectivity index (χ0n) is 9.14. The number of hydrogen-bond acceptors (Lipinski definition) is 2. The fraction of sp³-hybridized carbons (Fsp3) is 0.727. The first-order chi connectivity index (χ1) is 6.65. The van der Waals surface area contributed by atoms with Crippen LogP contribution in [0.3, 0.4) is 0 Å². The zero-order chi connectivity index (χ0) is 10.6. The second kappa shape index (κ2) is 5.26. The Morgan fingerprint density at radius 3 is 2.43 bits per heavy atom. The molecule has 0 bridgehead atoms. The Morgan fingerprint density at radius 2 is 2.07 bits per heavy atom. The standard InChI is InChI=1S/C11H18BrNS/c1-4-11(5-2,8-12)6-10-7-14-9(3)13-10/h7H,4-6,8H2,1-3H3. The van der Waals surface area contributed by atoms with Gasteiger partial charge < -0.3 is 0 Å². The normalized spacial score (nSPS) is 12.0. The van der Waals surface area contributed by atoms with Gasteiger partial charge in [-0.05, 0) is 31.6 Å². The molecule has 0 aliphatic heterocycles. The summed E-state index contributed by atoms with van der Waals surface area (Å²) in [6.07, 6.45) is 3.53. The minimum atomic E-state index is 0.403. The summed E-state index contributed by atoms with van der Waals surface area (Å²) < 4.78 is 0. The van der Waals surface area contributed by atoms with E-state index in [9.17, 15) is 0 Å². The second-order valence-corrected chi connectivity index (χ2v) is 5.50. The van der Waals surface area contributed by atoms with E-state index < -0.39 is 0 Å². The average molecular weight is 276 g/mol. The number of nitrogens with zero attached hydrogens (tertiary/aromatic N) is 1. The summed E-state index contributed by atoms with van der Waals surface area (Å²) in [5.41, 5.74) is 1.66. The Morgan fingerprint density at radius 1 is 1.43 bits per heavy atom. The minimum absolute atomic E-state index is 0.403. The summed E-state index contributed by atoms with van der Waals surface area (Å²) in [4.78, 5) is 4.54. The summed E-state index contributed by atoms with van der Waals surface area (Å²) in [6, 6.07) is 0. The Balaban J connectivity index is 2.73. The monoisotopic (exact) mass is 275 g/mol. The van der Waals surface area contributed by atoms with Crippen LogP contribution in [-0.4, -0.2) is 10.3 Å². The number of thiazole rings is 1. The number of aromatic nitrogens is 1. The van der Waals surface area contributed by atoms with Gasteiger partial charge in [0.2, 0.25) is 0 Å². The third kappa shape index (κ3) is 2.80. The molecule has 3 heteroatoms. The molecule has 1 nitrogen and oxygen atoms in total. The Labute approximate surface area is 99.1 Å². The Hall–Kier alpha value is 0.110. The summed E-state index contributed by atoms with van der Waals surface area (Å²) in [6.45, 7) is 6.61. The van der Waals surface area contributed by atoms with E-state index in [-0.39, 0.29) is 0 Å². The summed E-state index contributed by atoms with van der Waals surface area (Å²) in [5, 5.41) is 4.44. The fourth-order valence-corrected chi connectivity index (χ4v) is 3.21. The molecular formula is C11H18BrNS. The SMILES string of the molecule is CCC(CC)(CBr)Cc1csc(C)n1. The molecule has 0 spiro atoms. The summed E-state index contributed by atoms with van der Waals surface area (Å²) in [5.74, 6) is 0. The molecule has 0 saturated heterocycles. The predicted octanol–water partition coefficient (Wildman–Crippen LogP) is 4.20. The van der Waals surface area contributed by atoms with Gasteiger partial charge in [0.15, 0.2) is 0 Å². The van der Waals surface area contributed by atoms with Crippen LogP contribution < -0.4 is 0 Å². The van der Waals surface area contributed by atoms with Crippen LogP contribution in [0.5, 0.6) is 0 Å². The second-order valence-electron chi connectivity index (χ2n) is 3.88. The maximum Gasteiger partial charge on any atom is 0.0897 e. The number of aryl methyl sites for hydroxylation is 1. The number of alkyl halides is 1. The molecule has 0 fully saturated rings. The van der Waals surface area contributed by atoms with Crippen LogP contribution in [0.1, 0.15) is 37.4 Å². The van der Waals surface area contributed by atoms with Gasteiger partial charge in [0, 0.05) is 10.7 Å². The molecule has 0 N–H and O–H groups in total. The molecular weight excluding hydrogens is 258 g/mol. The molecule has 1 heterocycles. The van der Waals surface area contributed by atoms with Crippen LogP contribution in [-0.2, 0) is 6.42 Å². The van der Waals surface area contributed by atoms with E-state index in [1.54, 1.807) is 11.3 Å². The largest absolute Gasteiger partial charge is 0.247 e. The topological polar surface area (TPSA) is 12.9 Å². The van der Waals surface area contributed by atoms with Gasteiger partial charge in [-0.2, -0.15) is 0 Å². The van der Waals surface area contributed by atoms with Gasteiger partial charge >= 0.3 is 0 Å².